The van der Waals surface area contributed by atoms with Gasteiger partial charge in [0.25, 0.3) is 5.91 Å². The number of piperidine rings is 1. The number of carbonyl (C=O) groups excluding carboxylic acids is 2. The number of aromatic nitrogens is 4. The van der Waals surface area contributed by atoms with Crippen LogP contribution < -0.4 is 0 Å². The molecule has 1 fully saturated rings. The van der Waals surface area contributed by atoms with E-state index in [4.69, 9.17) is 4.74 Å². The van der Waals surface area contributed by atoms with Gasteiger partial charge < -0.3 is 9.64 Å². The number of benzene rings is 2. The van der Waals surface area contributed by atoms with Crippen LogP contribution in [-0.2, 0) is 22.7 Å². The monoisotopic (exact) mass is 421 g/mol. The molecule has 162 valence electrons. The summed E-state index contributed by atoms with van der Waals surface area (Å²) >= 11 is 0. The Morgan fingerprint density at radius 2 is 1.87 bits per heavy atom. The number of esters is 1. The summed E-state index contributed by atoms with van der Waals surface area (Å²) in [5.74, 6) is 0.114. The Balaban J connectivity index is 1.32. The number of nitrogens with zero attached hydrogens (tertiary/aromatic N) is 5. The Labute approximate surface area is 181 Å². The maximum Gasteiger partial charge on any atom is 0.309 e. The number of unbranched alkanes of at least 4 members (excludes halogenated alkanes) is 1. The Hall–Kier alpha value is -3.29. The fourth-order valence-electron chi connectivity index (χ4n) is 3.96. The number of tetrazole rings is 1. The predicted octanol–water partition coefficient (Wildman–Crippen LogP) is 3.22. The van der Waals surface area contributed by atoms with Crippen LogP contribution in [0.4, 0.5) is 0 Å². The largest absolute Gasteiger partial charge is 0.457 e. The highest BCUT2D eigenvalue weighted by Crippen LogP contribution is 2.24. The standard InChI is InChI=1S/C23H27N5O3/c1-2-3-13-28-21(24-25-26-28)16-31-23(30)18-11-14-27(15-12-18)22(29)20-10-6-8-17-7-4-5-9-19(17)20/h4-10,18H,2-3,11-16H2,1H3. The number of carbonyl (C=O) groups is 2. The summed E-state index contributed by atoms with van der Waals surface area (Å²) in [5, 5.41) is 13.6. The molecule has 1 amide bonds. The molecule has 8 nitrogen and oxygen atoms in total. The van der Waals surface area contributed by atoms with Gasteiger partial charge >= 0.3 is 5.97 Å². The van der Waals surface area contributed by atoms with E-state index in [0.717, 1.165) is 23.6 Å². The van der Waals surface area contributed by atoms with E-state index in [9.17, 15) is 9.59 Å². The van der Waals surface area contributed by atoms with Crippen molar-refractivity contribution in [3.8, 4) is 0 Å². The van der Waals surface area contributed by atoms with E-state index in [2.05, 4.69) is 22.4 Å². The molecule has 31 heavy (non-hydrogen) atoms. The molecule has 2 heterocycles. The molecule has 0 saturated carbocycles. The lowest BCUT2D eigenvalue weighted by atomic mass is 9.96. The molecular formula is C23H27N5O3. The minimum absolute atomic E-state index is 0.0127. The first-order valence-electron chi connectivity index (χ1n) is 10.9. The fraction of sp³-hybridized carbons (Fsp3) is 0.435. The van der Waals surface area contributed by atoms with Crippen molar-refractivity contribution in [2.45, 2.75) is 45.8 Å². The maximum atomic E-state index is 13.1. The van der Waals surface area contributed by atoms with Gasteiger partial charge in [0.2, 0.25) is 0 Å². The summed E-state index contributed by atoms with van der Waals surface area (Å²) in [6.45, 7) is 3.96. The second kappa shape index (κ2) is 9.68. The van der Waals surface area contributed by atoms with E-state index in [1.807, 2.05) is 47.4 Å². The number of fused-ring (bicyclic) bond motifs is 1. The molecule has 8 heteroatoms. The van der Waals surface area contributed by atoms with Crippen molar-refractivity contribution in [3.05, 3.63) is 53.9 Å². The molecule has 2 aromatic carbocycles. The number of ether oxygens (including phenoxy) is 1. The lowest BCUT2D eigenvalue weighted by Crippen LogP contribution is -2.40. The van der Waals surface area contributed by atoms with Gasteiger partial charge in [0, 0.05) is 25.2 Å². The molecule has 3 aromatic rings. The van der Waals surface area contributed by atoms with Gasteiger partial charge in [-0.05, 0) is 46.5 Å². The van der Waals surface area contributed by atoms with E-state index in [-0.39, 0.29) is 24.4 Å². The minimum atomic E-state index is -0.248. The van der Waals surface area contributed by atoms with Crippen LogP contribution in [0, 0.1) is 5.92 Å². The lowest BCUT2D eigenvalue weighted by Gasteiger charge is -2.31. The van der Waals surface area contributed by atoms with E-state index in [1.54, 1.807) is 4.68 Å². The smallest absolute Gasteiger partial charge is 0.309 e. The molecule has 0 N–H and O–H groups in total. The van der Waals surface area contributed by atoms with Crippen LogP contribution in [0.2, 0.25) is 0 Å². The van der Waals surface area contributed by atoms with Gasteiger partial charge in [-0.2, -0.15) is 0 Å². The van der Waals surface area contributed by atoms with Crippen LogP contribution in [0.1, 0.15) is 48.8 Å². The van der Waals surface area contributed by atoms with Crippen molar-refractivity contribution in [3.63, 3.8) is 0 Å². The number of amides is 1. The van der Waals surface area contributed by atoms with Crippen LogP contribution in [0.15, 0.2) is 42.5 Å². The number of rotatable bonds is 7. The summed E-state index contributed by atoms with van der Waals surface area (Å²) in [6, 6.07) is 13.7. The minimum Gasteiger partial charge on any atom is -0.457 e. The molecule has 0 atom stereocenters. The highest BCUT2D eigenvalue weighted by molar-refractivity contribution is 6.07. The SMILES string of the molecule is CCCCn1nnnc1COC(=O)C1CCN(C(=O)c2cccc3ccccc23)CC1. The summed E-state index contributed by atoms with van der Waals surface area (Å²) in [5.41, 5.74) is 0.707. The fourth-order valence-corrected chi connectivity index (χ4v) is 3.96. The van der Waals surface area contributed by atoms with Crippen LogP contribution in [0.3, 0.4) is 0 Å². The molecule has 0 spiro atoms. The molecule has 0 unspecified atom stereocenters. The third-order valence-corrected chi connectivity index (χ3v) is 5.81. The third kappa shape index (κ3) is 4.73. The second-order valence-electron chi connectivity index (χ2n) is 7.87. The van der Waals surface area contributed by atoms with E-state index in [0.29, 0.717) is 43.9 Å². The Morgan fingerprint density at radius 1 is 1.10 bits per heavy atom. The van der Waals surface area contributed by atoms with Gasteiger partial charge in [0.1, 0.15) is 0 Å². The highest BCUT2D eigenvalue weighted by Gasteiger charge is 2.29. The molecule has 1 aliphatic rings. The summed E-state index contributed by atoms with van der Waals surface area (Å²) in [6.07, 6.45) is 3.19. The first kappa shape index (κ1) is 21.0. The quantitative estimate of drug-likeness (QED) is 0.544. The zero-order valence-electron chi connectivity index (χ0n) is 17.7. The number of hydrogen-bond acceptors (Lipinski definition) is 6. The second-order valence-corrected chi connectivity index (χ2v) is 7.87. The Morgan fingerprint density at radius 3 is 2.68 bits per heavy atom. The topological polar surface area (TPSA) is 90.2 Å². The molecular weight excluding hydrogens is 394 g/mol. The van der Waals surface area contributed by atoms with Crippen LogP contribution in [-0.4, -0.2) is 50.1 Å². The van der Waals surface area contributed by atoms with Gasteiger partial charge in [-0.1, -0.05) is 49.7 Å². The van der Waals surface area contributed by atoms with E-state index >= 15 is 0 Å². The molecule has 0 bridgehead atoms. The van der Waals surface area contributed by atoms with Crippen LogP contribution in [0.25, 0.3) is 10.8 Å². The molecule has 1 saturated heterocycles. The first-order chi connectivity index (χ1) is 15.2. The van der Waals surface area contributed by atoms with Gasteiger partial charge in [-0.25, -0.2) is 4.68 Å². The Kier molecular flexibility index (Phi) is 6.54. The van der Waals surface area contributed by atoms with Crippen molar-refractivity contribution >= 4 is 22.6 Å². The lowest BCUT2D eigenvalue weighted by molar-refractivity contribution is -0.151. The van der Waals surface area contributed by atoms with Gasteiger partial charge in [0.15, 0.2) is 12.4 Å². The summed E-state index contributed by atoms with van der Waals surface area (Å²) < 4.78 is 7.16. The third-order valence-electron chi connectivity index (χ3n) is 5.81. The Bertz CT molecular complexity index is 1050. The summed E-state index contributed by atoms with van der Waals surface area (Å²) in [7, 11) is 0. The van der Waals surface area contributed by atoms with Gasteiger partial charge in [0.05, 0.1) is 5.92 Å². The van der Waals surface area contributed by atoms with Crippen LogP contribution in [0.5, 0.6) is 0 Å². The van der Waals surface area contributed by atoms with Crippen molar-refractivity contribution < 1.29 is 14.3 Å². The van der Waals surface area contributed by atoms with Gasteiger partial charge in [-0.3, -0.25) is 9.59 Å². The average molecular weight is 422 g/mol. The zero-order chi connectivity index (χ0) is 21.6. The molecule has 0 radical (unpaired) electrons. The van der Waals surface area contributed by atoms with Gasteiger partial charge in [-0.15, -0.1) is 5.10 Å². The highest BCUT2D eigenvalue weighted by atomic mass is 16.5. The molecule has 1 aromatic heterocycles. The normalized spacial score (nSPS) is 14.7. The zero-order valence-corrected chi connectivity index (χ0v) is 17.7. The predicted molar refractivity (Wildman–Crippen MR) is 115 cm³/mol. The van der Waals surface area contributed by atoms with Crippen molar-refractivity contribution in [2.75, 3.05) is 13.1 Å². The molecule has 4 rings (SSSR count). The number of aryl methyl sites for hydroxylation is 1. The number of likely N-dealkylation sites (tertiary alicyclic amines) is 1. The first-order valence-corrected chi connectivity index (χ1v) is 10.9. The van der Waals surface area contributed by atoms with Crippen molar-refractivity contribution in [2.24, 2.45) is 5.92 Å². The summed E-state index contributed by atoms with van der Waals surface area (Å²) in [4.78, 5) is 27.4. The van der Waals surface area contributed by atoms with E-state index < -0.39 is 0 Å². The van der Waals surface area contributed by atoms with Crippen molar-refractivity contribution in [1.29, 1.82) is 0 Å². The molecule has 0 aliphatic carbocycles. The van der Waals surface area contributed by atoms with Crippen LogP contribution >= 0.6 is 0 Å². The molecule has 1 aliphatic heterocycles. The maximum absolute atomic E-state index is 13.1. The van der Waals surface area contributed by atoms with Crippen molar-refractivity contribution in [1.82, 2.24) is 25.1 Å². The average Bonchev–Trinajstić information content (AvgIpc) is 3.27. The number of hydrogen-bond donors (Lipinski definition) is 0. The van der Waals surface area contributed by atoms with E-state index in [1.165, 1.54) is 0 Å².